The van der Waals surface area contributed by atoms with Gasteiger partial charge in [0, 0.05) is 23.9 Å². The summed E-state index contributed by atoms with van der Waals surface area (Å²) < 4.78 is 11.0. The van der Waals surface area contributed by atoms with Crippen molar-refractivity contribution in [2.24, 2.45) is 0 Å². The van der Waals surface area contributed by atoms with Crippen molar-refractivity contribution in [3.8, 4) is 11.5 Å². The second-order valence-electron chi connectivity index (χ2n) is 6.80. The van der Waals surface area contributed by atoms with Gasteiger partial charge in [-0.3, -0.25) is 4.90 Å². The number of methoxy groups -OCH3 is 1. The minimum Gasteiger partial charge on any atom is -0.496 e. The number of hydrogen-bond donors (Lipinski definition) is 2. The van der Waals surface area contributed by atoms with Crippen LogP contribution in [0.5, 0.6) is 11.5 Å². The monoisotopic (exact) mass is 383 g/mol. The number of carbonyl (C=O) groups excluding carboxylic acids is 1. The van der Waals surface area contributed by atoms with Gasteiger partial charge in [0.25, 0.3) is 0 Å². The summed E-state index contributed by atoms with van der Waals surface area (Å²) in [5.74, 6) is 1.59. The number of urea groups is 1. The maximum absolute atomic E-state index is 12.5. The molecule has 1 saturated heterocycles. The molecule has 6 heteroatoms. The molecule has 1 unspecified atom stereocenters. The highest BCUT2D eigenvalue weighted by Crippen LogP contribution is 2.31. The first kappa shape index (κ1) is 20.0. The van der Waals surface area contributed by atoms with Gasteiger partial charge in [-0.15, -0.1) is 0 Å². The van der Waals surface area contributed by atoms with E-state index in [4.69, 9.17) is 9.47 Å². The fraction of sp³-hybridized carbons (Fsp3) is 0.409. The number of para-hydroxylation sites is 1. The van der Waals surface area contributed by atoms with Crippen LogP contribution in [0.15, 0.2) is 48.5 Å². The molecule has 0 saturated carbocycles. The van der Waals surface area contributed by atoms with Gasteiger partial charge in [0.15, 0.2) is 0 Å². The van der Waals surface area contributed by atoms with Gasteiger partial charge in [-0.25, -0.2) is 4.79 Å². The molecule has 0 aliphatic carbocycles. The molecule has 2 N–H and O–H groups in total. The van der Waals surface area contributed by atoms with Crippen LogP contribution in [0, 0.1) is 0 Å². The van der Waals surface area contributed by atoms with E-state index in [-0.39, 0.29) is 12.1 Å². The molecule has 1 aliphatic rings. The Kier molecular flexibility index (Phi) is 7.14. The second-order valence-corrected chi connectivity index (χ2v) is 6.80. The third-order valence-corrected chi connectivity index (χ3v) is 4.94. The average molecular weight is 383 g/mol. The number of ether oxygens (including phenoxy) is 2. The Morgan fingerprint density at radius 2 is 1.93 bits per heavy atom. The summed E-state index contributed by atoms with van der Waals surface area (Å²) in [7, 11) is 1.69. The van der Waals surface area contributed by atoms with Crippen LogP contribution >= 0.6 is 0 Å². The van der Waals surface area contributed by atoms with Crippen LogP contribution in [-0.4, -0.2) is 44.3 Å². The number of likely N-dealkylation sites (tertiary alicyclic amines) is 1. The van der Waals surface area contributed by atoms with E-state index in [1.54, 1.807) is 7.11 Å². The lowest BCUT2D eigenvalue weighted by atomic mass is 10.0. The van der Waals surface area contributed by atoms with Crippen molar-refractivity contribution in [2.75, 3.05) is 38.7 Å². The summed E-state index contributed by atoms with van der Waals surface area (Å²) in [6, 6.07) is 15.3. The number of nitrogens with one attached hydrogen (secondary N) is 2. The first-order valence-electron chi connectivity index (χ1n) is 9.86. The topological polar surface area (TPSA) is 62.8 Å². The molecule has 0 spiro atoms. The third-order valence-electron chi connectivity index (χ3n) is 4.94. The minimum absolute atomic E-state index is 0.0826. The smallest absolute Gasteiger partial charge is 0.319 e. The van der Waals surface area contributed by atoms with Gasteiger partial charge in [0.2, 0.25) is 0 Å². The Morgan fingerprint density at radius 3 is 2.68 bits per heavy atom. The van der Waals surface area contributed by atoms with Crippen molar-refractivity contribution in [3.05, 3.63) is 54.1 Å². The Balaban J connectivity index is 1.66. The summed E-state index contributed by atoms with van der Waals surface area (Å²) in [6.45, 7) is 5.09. The van der Waals surface area contributed by atoms with E-state index in [0.29, 0.717) is 18.8 Å². The van der Waals surface area contributed by atoms with Gasteiger partial charge in [0.1, 0.15) is 11.5 Å². The molecule has 0 aromatic heterocycles. The van der Waals surface area contributed by atoms with Crippen molar-refractivity contribution in [2.45, 2.75) is 25.8 Å². The van der Waals surface area contributed by atoms with Gasteiger partial charge in [-0.1, -0.05) is 24.3 Å². The van der Waals surface area contributed by atoms with Crippen LogP contribution in [0.3, 0.4) is 0 Å². The number of nitrogens with zero attached hydrogens (tertiary/aromatic N) is 1. The predicted octanol–water partition coefficient (Wildman–Crippen LogP) is 4.05. The molecular weight excluding hydrogens is 354 g/mol. The van der Waals surface area contributed by atoms with E-state index in [9.17, 15) is 4.79 Å². The van der Waals surface area contributed by atoms with Crippen molar-refractivity contribution in [1.82, 2.24) is 10.2 Å². The third kappa shape index (κ3) is 5.16. The van der Waals surface area contributed by atoms with E-state index in [1.165, 1.54) is 12.8 Å². The van der Waals surface area contributed by atoms with Crippen molar-refractivity contribution in [1.29, 1.82) is 0 Å². The molecule has 1 heterocycles. The molecule has 3 rings (SSSR count). The Hall–Kier alpha value is -2.73. The summed E-state index contributed by atoms with van der Waals surface area (Å²) in [4.78, 5) is 14.9. The molecule has 2 aromatic carbocycles. The average Bonchev–Trinajstić information content (AvgIpc) is 3.23. The minimum atomic E-state index is -0.229. The molecule has 150 valence electrons. The molecule has 1 aliphatic heterocycles. The highest BCUT2D eigenvalue weighted by molar-refractivity contribution is 5.89. The van der Waals surface area contributed by atoms with Crippen LogP contribution in [0.25, 0.3) is 0 Å². The zero-order chi connectivity index (χ0) is 19.8. The molecule has 2 aromatic rings. The molecule has 28 heavy (non-hydrogen) atoms. The number of rotatable bonds is 8. The van der Waals surface area contributed by atoms with E-state index in [0.717, 1.165) is 30.2 Å². The summed E-state index contributed by atoms with van der Waals surface area (Å²) in [5, 5.41) is 5.91. The Bertz CT molecular complexity index is 775. The van der Waals surface area contributed by atoms with Crippen LogP contribution < -0.4 is 20.1 Å². The second kappa shape index (κ2) is 9.99. The van der Waals surface area contributed by atoms with E-state index in [2.05, 4.69) is 21.6 Å². The molecule has 2 amide bonds. The molecule has 1 atom stereocenters. The molecule has 0 bridgehead atoms. The Labute approximate surface area is 166 Å². The van der Waals surface area contributed by atoms with E-state index >= 15 is 0 Å². The van der Waals surface area contributed by atoms with E-state index < -0.39 is 0 Å². The standard InChI is InChI=1S/C22H29N3O3/c1-3-28-18-10-8-9-17(15-18)24-22(26)23-16-20(25-13-6-7-14-25)19-11-4-5-12-21(19)27-2/h4-5,8-12,15,20H,3,6-7,13-14,16H2,1-2H3,(H2,23,24,26). The van der Waals surface area contributed by atoms with Crippen molar-refractivity contribution >= 4 is 11.7 Å². The quantitative estimate of drug-likeness (QED) is 0.722. The van der Waals surface area contributed by atoms with Crippen LogP contribution in [0.2, 0.25) is 0 Å². The zero-order valence-corrected chi connectivity index (χ0v) is 16.6. The van der Waals surface area contributed by atoms with Gasteiger partial charge in [-0.05, 0) is 51.1 Å². The maximum Gasteiger partial charge on any atom is 0.319 e. The molecule has 0 radical (unpaired) electrons. The molecular formula is C22H29N3O3. The Morgan fingerprint density at radius 1 is 1.14 bits per heavy atom. The number of carbonyl (C=O) groups is 1. The van der Waals surface area contributed by atoms with Crippen molar-refractivity contribution in [3.63, 3.8) is 0 Å². The van der Waals surface area contributed by atoms with Gasteiger partial charge in [0.05, 0.1) is 19.8 Å². The fourth-order valence-electron chi connectivity index (χ4n) is 3.63. The summed E-state index contributed by atoms with van der Waals surface area (Å²) in [5.41, 5.74) is 1.81. The predicted molar refractivity (Wildman–Crippen MR) is 111 cm³/mol. The number of benzene rings is 2. The first-order valence-corrected chi connectivity index (χ1v) is 9.86. The summed E-state index contributed by atoms with van der Waals surface area (Å²) in [6.07, 6.45) is 2.37. The zero-order valence-electron chi connectivity index (χ0n) is 16.6. The van der Waals surface area contributed by atoms with Gasteiger partial charge in [-0.2, -0.15) is 0 Å². The highest BCUT2D eigenvalue weighted by Gasteiger charge is 2.26. The van der Waals surface area contributed by atoms with E-state index in [1.807, 2.05) is 49.4 Å². The normalized spacial score (nSPS) is 15.1. The van der Waals surface area contributed by atoms with Crippen LogP contribution in [0.4, 0.5) is 10.5 Å². The molecule has 6 nitrogen and oxygen atoms in total. The SMILES string of the molecule is CCOc1cccc(NC(=O)NCC(c2ccccc2OC)N2CCCC2)c1. The number of hydrogen-bond acceptors (Lipinski definition) is 4. The van der Waals surface area contributed by atoms with Crippen LogP contribution in [-0.2, 0) is 0 Å². The maximum atomic E-state index is 12.5. The number of amides is 2. The van der Waals surface area contributed by atoms with Crippen LogP contribution in [0.1, 0.15) is 31.4 Å². The largest absolute Gasteiger partial charge is 0.496 e. The lowest BCUT2D eigenvalue weighted by Gasteiger charge is -2.29. The lowest BCUT2D eigenvalue weighted by Crippen LogP contribution is -2.38. The lowest BCUT2D eigenvalue weighted by molar-refractivity contribution is 0.224. The fourth-order valence-corrected chi connectivity index (χ4v) is 3.63. The highest BCUT2D eigenvalue weighted by atomic mass is 16.5. The van der Waals surface area contributed by atoms with Gasteiger partial charge < -0.3 is 20.1 Å². The van der Waals surface area contributed by atoms with Crippen molar-refractivity contribution < 1.29 is 14.3 Å². The summed E-state index contributed by atoms with van der Waals surface area (Å²) >= 11 is 0. The first-order chi connectivity index (χ1) is 13.7. The molecule has 1 fully saturated rings. The van der Waals surface area contributed by atoms with Gasteiger partial charge >= 0.3 is 6.03 Å². The number of anilines is 1.